The van der Waals surface area contributed by atoms with Gasteiger partial charge in [-0.05, 0) is 35.9 Å². The van der Waals surface area contributed by atoms with E-state index in [-0.39, 0.29) is 11.8 Å². The van der Waals surface area contributed by atoms with Crippen LogP contribution in [0.25, 0.3) is 0 Å². The van der Waals surface area contributed by atoms with Crippen molar-refractivity contribution in [1.29, 1.82) is 0 Å². The highest BCUT2D eigenvalue weighted by Crippen LogP contribution is 2.33. The molecule has 33 heavy (non-hydrogen) atoms. The van der Waals surface area contributed by atoms with Crippen LogP contribution in [0.5, 0.6) is 0 Å². The zero-order valence-electron chi connectivity index (χ0n) is 16.2. The minimum absolute atomic E-state index is 0.224. The lowest BCUT2D eigenvalue weighted by molar-refractivity contribution is -0.141. The van der Waals surface area contributed by atoms with Crippen LogP contribution in [-0.2, 0) is 18.9 Å². The summed E-state index contributed by atoms with van der Waals surface area (Å²) in [6, 6.07) is 7.69. The molecule has 1 amide bonds. The molecule has 2 N–H and O–H groups in total. The molecule has 3 aromatic rings. The highest BCUT2D eigenvalue weighted by molar-refractivity contribution is 6.30. The lowest BCUT2D eigenvalue weighted by atomic mass is 10.1. The molecule has 0 spiro atoms. The van der Waals surface area contributed by atoms with E-state index in [2.05, 4.69) is 15.3 Å². The summed E-state index contributed by atoms with van der Waals surface area (Å²) in [4.78, 5) is 19.3. The highest BCUT2D eigenvalue weighted by atomic mass is 35.5. The first-order chi connectivity index (χ1) is 15.3. The van der Waals surface area contributed by atoms with Crippen LogP contribution in [0.3, 0.4) is 0 Å². The van der Waals surface area contributed by atoms with Gasteiger partial charge in [-0.15, -0.1) is 0 Å². The Hall–Kier alpha value is -3.41. The molecule has 0 fully saturated rings. The van der Waals surface area contributed by atoms with Crippen LogP contribution in [0.2, 0.25) is 5.02 Å². The summed E-state index contributed by atoms with van der Waals surface area (Å²) in [5.41, 5.74) is -4.23. The van der Waals surface area contributed by atoms with Crippen LogP contribution < -0.4 is 10.6 Å². The van der Waals surface area contributed by atoms with E-state index in [4.69, 9.17) is 11.6 Å². The van der Waals surface area contributed by atoms with E-state index < -0.39 is 59.0 Å². The van der Waals surface area contributed by atoms with Crippen LogP contribution in [0.15, 0.2) is 48.7 Å². The topological polar surface area (TPSA) is 66.9 Å². The van der Waals surface area contributed by atoms with Gasteiger partial charge < -0.3 is 10.6 Å². The third-order valence-electron chi connectivity index (χ3n) is 4.20. The van der Waals surface area contributed by atoms with Crippen molar-refractivity contribution < 1.29 is 35.5 Å². The van der Waals surface area contributed by atoms with Gasteiger partial charge in [0.15, 0.2) is 5.69 Å². The average Bonchev–Trinajstić information content (AvgIpc) is 2.71. The first-order valence-electron chi connectivity index (χ1n) is 8.95. The number of halogens is 8. The quantitative estimate of drug-likeness (QED) is 0.430. The molecular weight excluding hydrogens is 481 g/mol. The minimum atomic E-state index is -5.08. The van der Waals surface area contributed by atoms with Gasteiger partial charge in [-0.3, -0.25) is 4.79 Å². The standard InChI is InChI=1S/C20H12ClF7N4O/c21-11-2-1-3-13(6-11)31-18-30-9-14(16(32-18)20(26,27)28)17(33)29-8-10-4-5-12(22)7-15(10)19(23,24)25/h1-7,9H,8H2,(H,29,33)(H,30,31,32). The Balaban J connectivity index is 1.86. The molecule has 0 unspecified atom stereocenters. The van der Waals surface area contributed by atoms with Gasteiger partial charge in [-0.1, -0.05) is 23.7 Å². The number of alkyl halides is 6. The Morgan fingerprint density at radius 1 is 1.00 bits per heavy atom. The van der Waals surface area contributed by atoms with E-state index in [1.165, 1.54) is 24.3 Å². The summed E-state index contributed by atoms with van der Waals surface area (Å²) in [6.45, 7) is -0.812. The number of nitrogens with one attached hydrogen (secondary N) is 2. The maximum absolute atomic E-state index is 13.5. The number of aromatic nitrogens is 2. The third kappa shape index (κ3) is 6.09. The second kappa shape index (κ2) is 9.22. The molecule has 174 valence electrons. The molecule has 1 aromatic heterocycles. The summed E-state index contributed by atoms with van der Waals surface area (Å²) in [6.07, 6.45) is -9.42. The smallest absolute Gasteiger partial charge is 0.348 e. The second-order valence-electron chi connectivity index (χ2n) is 6.57. The van der Waals surface area contributed by atoms with Crippen LogP contribution in [0.4, 0.5) is 42.4 Å². The Morgan fingerprint density at radius 2 is 1.73 bits per heavy atom. The SMILES string of the molecule is O=C(NCc1ccc(F)cc1C(F)(F)F)c1cnc(Nc2cccc(Cl)c2)nc1C(F)(F)F. The van der Waals surface area contributed by atoms with Crippen molar-refractivity contribution in [2.45, 2.75) is 18.9 Å². The fraction of sp³-hybridized carbons (Fsp3) is 0.150. The Labute approximate surface area is 186 Å². The normalized spacial score (nSPS) is 11.9. The molecule has 2 aromatic carbocycles. The van der Waals surface area contributed by atoms with Gasteiger partial charge >= 0.3 is 12.4 Å². The fourth-order valence-electron chi connectivity index (χ4n) is 2.76. The van der Waals surface area contributed by atoms with Gasteiger partial charge in [0, 0.05) is 23.5 Å². The van der Waals surface area contributed by atoms with Crippen LogP contribution in [0, 0.1) is 5.82 Å². The number of hydrogen-bond donors (Lipinski definition) is 2. The van der Waals surface area contributed by atoms with Gasteiger partial charge in [-0.2, -0.15) is 26.3 Å². The number of anilines is 2. The third-order valence-corrected chi connectivity index (χ3v) is 4.43. The van der Waals surface area contributed by atoms with Crippen molar-refractivity contribution >= 4 is 29.1 Å². The molecule has 0 radical (unpaired) electrons. The van der Waals surface area contributed by atoms with Crippen LogP contribution >= 0.6 is 11.6 Å². The molecule has 0 bridgehead atoms. The van der Waals surface area contributed by atoms with Gasteiger partial charge in [-0.25, -0.2) is 14.4 Å². The molecule has 0 atom stereocenters. The summed E-state index contributed by atoms with van der Waals surface area (Å²) in [7, 11) is 0. The van der Waals surface area contributed by atoms with E-state index in [0.717, 1.165) is 12.1 Å². The average molecular weight is 493 g/mol. The first kappa shape index (κ1) is 24.2. The molecule has 0 aliphatic heterocycles. The van der Waals surface area contributed by atoms with Gasteiger partial charge in [0.05, 0.1) is 11.1 Å². The number of benzene rings is 2. The number of hydrogen-bond acceptors (Lipinski definition) is 4. The molecule has 1 heterocycles. The van der Waals surface area contributed by atoms with Crippen molar-refractivity contribution in [2.75, 3.05) is 5.32 Å². The summed E-state index contributed by atoms with van der Waals surface area (Å²) in [5.74, 6) is -3.01. The van der Waals surface area contributed by atoms with Gasteiger partial charge in [0.25, 0.3) is 5.91 Å². The lowest BCUT2D eigenvalue weighted by Crippen LogP contribution is -2.28. The number of nitrogens with zero attached hydrogens (tertiary/aromatic N) is 2. The summed E-state index contributed by atoms with van der Waals surface area (Å²) < 4.78 is 93.0. The predicted octanol–water partition coefficient (Wildman–Crippen LogP) is 5.98. The van der Waals surface area contributed by atoms with E-state index in [1.807, 2.05) is 5.32 Å². The molecule has 3 rings (SSSR count). The molecule has 0 aliphatic rings. The summed E-state index contributed by atoms with van der Waals surface area (Å²) in [5, 5.41) is 4.77. The summed E-state index contributed by atoms with van der Waals surface area (Å²) >= 11 is 5.81. The maximum atomic E-state index is 13.5. The van der Waals surface area contributed by atoms with E-state index in [0.29, 0.717) is 11.2 Å². The Bertz CT molecular complexity index is 1180. The van der Waals surface area contributed by atoms with E-state index in [1.54, 1.807) is 0 Å². The Kier molecular flexibility index (Phi) is 6.77. The number of carbonyl (C=O) groups excluding carboxylic acids is 1. The van der Waals surface area contributed by atoms with Crippen molar-refractivity contribution in [1.82, 2.24) is 15.3 Å². The zero-order valence-corrected chi connectivity index (χ0v) is 16.9. The Morgan fingerprint density at radius 3 is 2.36 bits per heavy atom. The van der Waals surface area contributed by atoms with Crippen LogP contribution in [-0.4, -0.2) is 15.9 Å². The number of rotatable bonds is 5. The van der Waals surface area contributed by atoms with E-state index in [9.17, 15) is 35.5 Å². The predicted molar refractivity (Wildman–Crippen MR) is 104 cm³/mol. The molecule has 13 heteroatoms. The van der Waals surface area contributed by atoms with Gasteiger partial charge in [0.1, 0.15) is 5.82 Å². The number of carbonyl (C=O) groups is 1. The van der Waals surface area contributed by atoms with E-state index >= 15 is 0 Å². The van der Waals surface area contributed by atoms with Gasteiger partial charge in [0.2, 0.25) is 5.95 Å². The number of amides is 1. The van der Waals surface area contributed by atoms with Crippen molar-refractivity contribution in [2.24, 2.45) is 0 Å². The molecule has 0 aliphatic carbocycles. The second-order valence-corrected chi connectivity index (χ2v) is 7.01. The highest BCUT2D eigenvalue weighted by Gasteiger charge is 2.38. The molecule has 0 saturated carbocycles. The minimum Gasteiger partial charge on any atom is -0.348 e. The van der Waals surface area contributed by atoms with Crippen molar-refractivity contribution in [3.8, 4) is 0 Å². The molecule has 5 nitrogen and oxygen atoms in total. The molecular formula is C20H12ClF7N4O. The largest absolute Gasteiger partial charge is 0.434 e. The zero-order chi connectivity index (χ0) is 24.4. The van der Waals surface area contributed by atoms with Crippen molar-refractivity contribution in [3.05, 3.63) is 81.9 Å². The first-order valence-corrected chi connectivity index (χ1v) is 9.33. The monoisotopic (exact) mass is 492 g/mol. The lowest BCUT2D eigenvalue weighted by Gasteiger charge is -2.15. The maximum Gasteiger partial charge on any atom is 0.434 e. The van der Waals surface area contributed by atoms with Crippen LogP contribution in [0.1, 0.15) is 27.2 Å². The fourth-order valence-corrected chi connectivity index (χ4v) is 2.95. The molecule has 0 saturated heterocycles. The van der Waals surface area contributed by atoms with Crippen molar-refractivity contribution in [3.63, 3.8) is 0 Å².